The van der Waals surface area contributed by atoms with Crippen LogP contribution in [0.15, 0.2) is 41.5 Å². The number of nitrogens with zero attached hydrogens (tertiary/aromatic N) is 1. The molecule has 4 heteroatoms. The molecule has 78 valence electrons. The van der Waals surface area contributed by atoms with Gasteiger partial charge in [-0.05, 0) is 30.7 Å². The maximum absolute atomic E-state index is 11.3. The molecule has 2 rings (SSSR count). The van der Waals surface area contributed by atoms with Gasteiger partial charge in [-0.1, -0.05) is 12.1 Å². The maximum Gasteiger partial charge on any atom is 0.330 e. The van der Waals surface area contributed by atoms with E-state index in [2.05, 4.69) is 4.98 Å². The molecule has 0 aliphatic rings. The van der Waals surface area contributed by atoms with E-state index >= 15 is 0 Å². The van der Waals surface area contributed by atoms with E-state index in [4.69, 9.17) is 5.73 Å². The summed E-state index contributed by atoms with van der Waals surface area (Å²) in [7, 11) is 0. The van der Waals surface area contributed by atoms with Crippen molar-refractivity contribution in [2.45, 2.75) is 6.42 Å². The molecule has 0 unspecified atom stereocenters. The molecule has 0 saturated heterocycles. The maximum atomic E-state index is 11.3. The highest BCUT2D eigenvalue weighted by Crippen LogP contribution is 2.07. The lowest BCUT2D eigenvalue weighted by atomic mass is 10.1. The van der Waals surface area contributed by atoms with Crippen LogP contribution in [0.2, 0.25) is 0 Å². The van der Waals surface area contributed by atoms with Crippen molar-refractivity contribution in [3.63, 3.8) is 0 Å². The van der Waals surface area contributed by atoms with E-state index in [0.29, 0.717) is 6.54 Å². The summed E-state index contributed by atoms with van der Waals surface area (Å²) < 4.78 is 1.56. The number of nitrogens with one attached hydrogen (secondary N) is 1. The third kappa shape index (κ3) is 1.99. The van der Waals surface area contributed by atoms with E-state index in [0.717, 1.165) is 12.1 Å². The van der Waals surface area contributed by atoms with Crippen LogP contribution in [0.1, 0.15) is 5.56 Å². The highest BCUT2D eigenvalue weighted by molar-refractivity contribution is 5.34. The molecule has 0 aliphatic heterocycles. The third-order valence-electron chi connectivity index (χ3n) is 2.30. The number of hydrogen-bond acceptors (Lipinski definition) is 2. The number of benzene rings is 1. The minimum Gasteiger partial charge on any atom is -0.330 e. The Bertz CT molecular complexity index is 481. The van der Waals surface area contributed by atoms with Gasteiger partial charge < -0.3 is 10.7 Å². The Morgan fingerprint density at radius 2 is 2.00 bits per heavy atom. The fourth-order valence-corrected chi connectivity index (χ4v) is 1.51. The van der Waals surface area contributed by atoms with Crippen LogP contribution in [0.3, 0.4) is 0 Å². The summed E-state index contributed by atoms with van der Waals surface area (Å²) in [5, 5.41) is 0. The van der Waals surface area contributed by atoms with Crippen LogP contribution in [0.5, 0.6) is 0 Å². The molecule has 0 amide bonds. The molecule has 2 aromatic rings. The number of H-pyrrole nitrogens is 1. The van der Waals surface area contributed by atoms with Crippen molar-refractivity contribution in [2.75, 3.05) is 6.54 Å². The molecule has 4 nitrogen and oxygen atoms in total. The summed E-state index contributed by atoms with van der Waals surface area (Å²) in [6, 6.07) is 7.81. The highest BCUT2D eigenvalue weighted by atomic mass is 16.1. The summed E-state index contributed by atoms with van der Waals surface area (Å²) in [5.41, 5.74) is 7.38. The van der Waals surface area contributed by atoms with E-state index in [-0.39, 0.29) is 5.69 Å². The minimum absolute atomic E-state index is 0.124. The molecule has 0 aliphatic carbocycles. The Balaban J connectivity index is 2.32. The predicted molar refractivity (Wildman–Crippen MR) is 59.1 cm³/mol. The largest absolute Gasteiger partial charge is 0.330 e. The van der Waals surface area contributed by atoms with Gasteiger partial charge in [0.05, 0.1) is 5.69 Å². The monoisotopic (exact) mass is 203 g/mol. The van der Waals surface area contributed by atoms with Crippen LogP contribution in [0.4, 0.5) is 0 Å². The van der Waals surface area contributed by atoms with Gasteiger partial charge in [0.25, 0.3) is 0 Å². The summed E-state index contributed by atoms with van der Waals surface area (Å²) in [4.78, 5) is 13.9. The van der Waals surface area contributed by atoms with Crippen molar-refractivity contribution in [2.24, 2.45) is 5.73 Å². The standard InChI is InChI=1S/C11H13N3O/c12-6-5-9-1-3-10(4-2-9)14-8-7-13-11(14)15/h1-4,7-8H,5-6,12H2,(H,13,15). The molecular formula is C11H13N3O. The molecular weight excluding hydrogens is 190 g/mol. The van der Waals surface area contributed by atoms with Crippen molar-refractivity contribution < 1.29 is 0 Å². The molecule has 1 aromatic carbocycles. The Kier molecular flexibility index (Phi) is 2.69. The predicted octanol–water partition coefficient (Wildman–Crippen LogP) is 0.667. The van der Waals surface area contributed by atoms with E-state index in [1.54, 1.807) is 17.0 Å². The fraction of sp³-hybridized carbons (Fsp3) is 0.182. The van der Waals surface area contributed by atoms with Crippen LogP contribution >= 0.6 is 0 Å². The second-order valence-electron chi connectivity index (χ2n) is 3.34. The van der Waals surface area contributed by atoms with Gasteiger partial charge in [0, 0.05) is 12.4 Å². The van der Waals surface area contributed by atoms with Gasteiger partial charge in [0.15, 0.2) is 0 Å². The minimum atomic E-state index is -0.124. The van der Waals surface area contributed by atoms with Crippen LogP contribution < -0.4 is 11.4 Å². The molecule has 0 radical (unpaired) electrons. The van der Waals surface area contributed by atoms with Crippen molar-refractivity contribution in [1.82, 2.24) is 9.55 Å². The van der Waals surface area contributed by atoms with Gasteiger partial charge in [-0.2, -0.15) is 0 Å². The Labute approximate surface area is 87.4 Å². The molecule has 3 N–H and O–H groups in total. The molecule has 0 atom stereocenters. The number of aromatic nitrogens is 2. The van der Waals surface area contributed by atoms with Gasteiger partial charge in [-0.25, -0.2) is 4.79 Å². The van der Waals surface area contributed by atoms with Crippen LogP contribution in [-0.2, 0) is 6.42 Å². The van der Waals surface area contributed by atoms with Crippen LogP contribution in [0.25, 0.3) is 5.69 Å². The van der Waals surface area contributed by atoms with Crippen molar-refractivity contribution in [1.29, 1.82) is 0 Å². The lowest BCUT2D eigenvalue weighted by Gasteiger charge is -2.02. The number of aromatic amines is 1. The van der Waals surface area contributed by atoms with Crippen LogP contribution in [-0.4, -0.2) is 16.1 Å². The number of imidazole rings is 1. The molecule has 0 bridgehead atoms. The number of nitrogens with two attached hydrogens (primary N) is 1. The smallest absolute Gasteiger partial charge is 0.330 e. The second-order valence-corrected chi connectivity index (χ2v) is 3.34. The first-order chi connectivity index (χ1) is 7.31. The molecule has 1 aromatic heterocycles. The first kappa shape index (κ1) is 9.73. The van der Waals surface area contributed by atoms with Gasteiger partial charge in [0.1, 0.15) is 0 Å². The quantitative estimate of drug-likeness (QED) is 0.770. The molecule has 1 heterocycles. The normalized spacial score (nSPS) is 10.5. The molecule has 15 heavy (non-hydrogen) atoms. The average molecular weight is 203 g/mol. The Morgan fingerprint density at radius 1 is 1.27 bits per heavy atom. The van der Waals surface area contributed by atoms with E-state index < -0.39 is 0 Å². The lowest BCUT2D eigenvalue weighted by molar-refractivity contribution is 0.956. The zero-order valence-electron chi connectivity index (χ0n) is 8.31. The zero-order chi connectivity index (χ0) is 10.7. The lowest BCUT2D eigenvalue weighted by Crippen LogP contribution is -2.13. The first-order valence-corrected chi connectivity index (χ1v) is 4.86. The molecule has 0 spiro atoms. The van der Waals surface area contributed by atoms with Gasteiger partial charge in [-0.3, -0.25) is 4.57 Å². The number of hydrogen-bond donors (Lipinski definition) is 2. The van der Waals surface area contributed by atoms with Crippen molar-refractivity contribution in [3.8, 4) is 5.69 Å². The Hall–Kier alpha value is -1.81. The summed E-state index contributed by atoms with van der Waals surface area (Å²) in [6.45, 7) is 0.642. The Morgan fingerprint density at radius 3 is 2.53 bits per heavy atom. The van der Waals surface area contributed by atoms with Gasteiger partial charge in [-0.15, -0.1) is 0 Å². The molecule has 0 saturated carbocycles. The number of rotatable bonds is 3. The van der Waals surface area contributed by atoms with Gasteiger partial charge >= 0.3 is 5.69 Å². The van der Waals surface area contributed by atoms with Gasteiger partial charge in [0.2, 0.25) is 0 Å². The van der Waals surface area contributed by atoms with E-state index in [1.807, 2.05) is 24.3 Å². The van der Waals surface area contributed by atoms with E-state index in [1.165, 1.54) is 5.56 Å². The van der Waals surface area contributed by atoms with Crippen molar-refractivity contribution >= 4 is 0 Å². The van der Waals surface area contributed by atoms with E-state index in [9.17, 15) is 4.79 Å². The fourth-order valence-electron chi connectivity index (χ4n) is 1.51. The average Bonchev–Trinajstić information content (AvgIpc) is 2.66. The first-order valence-electron chi connectivity index (χ1n) is 4.86. The molecule has 0 fully saturated rings. The summed E-state index contributed by atoms with van der Waals surface area (Å²) in [6.07, 6.45) is 4.19. The summed E-state index contributed by atoms with van der Waals surface area (Å²) >= 11 is 0. The topological polar surface area (TPSA) is 63.8 Å². The van der Waals surface area contributed by atoms with Crippen LogP contribution in [0, 0.1) is 0 Å². The second kappa shape index (κ2) is 4.14. The zero-order valence-corrected chi connectivity index (χ0v) is 8.31. The highest BCUT2D eigenvalue weighted by Gasteiger charge is 1.99. The van der Waals surface area contributed by atoms with Crippen molar-refractivity contribution in [3.05, 3.63) is 52.7 Å². The third-order valence-corrected chi connectivity index (χ3v) is 2.30. The summed E-state index contributed by atoms with van der Waals surface area (Å²) in [5.74, 6) is 0. The SMILES string of the molecule is NCCc1ccc(-n2cc[nH]c2=O)cc1.